The van der Waals surface area contributed by atoms with Crippen LogP contribution in [0.15, 0.2) is 42.5 Å². The lowest BCUT2D eigenvalue weighted by molar-refractivity contribution is -0.154. The molecule has 0 saturated carbocycles. The van der Waals surface area contributed by atoms with E-state index in [0.29, 0.717) is 35.8 Å². The normalized spacial score (nSPS) is 14.0. The van der Waals surface area contributed by atoms with Crippen LogP contribution in [0.5, 0.6) is 17.2 Å². The molecule has 2 aromatic carbocycles. The number of rotatable bonds is 9. The molecule has 176 valence electrons. The lowest BCUT2D eigenvalue weighted by Crippen LogP contribution is -2.41. The van der Waals surface area contributed by atoms with Crippen molar-refractivity contribution in [3.05, 3.63) is 53.6 Å². The maximum atomic E-state index is 11.8. The smallest absolute Gasteiger partial charge is 0.347 e. The van der Waals surface area contributed by atoms with Gasteiger partial charge in [0, 0.05) is 16.9 Å². The van der Waals surface area contributed by atoms with Crippen LogP contribution in [-0.4, -0.2) is 27.5 Å². The van der Waals surface area contributed by atoms with Crippen LogP contribution < -0.4 is 8.92 Å². The molecule has 0 bridgehead atoms. The van der Waals surface area contributed by atoms with Crippen molar-refractivity contribution in [3.8, 4) is 17.2 Å². The first-order valence-corrected chi connectivity index (χ1v) is 11.8. The molecule has 0 spiro atoms. The quantitative estimate of drug-likeness (QED) is 0.320. The molecule has 6 heteroatoms. The molecular weight excluding hydrogens is 424 g/mol. The molecule has 2 N–H and O–H groups in total. The van der Waals surface area contributed by atoms with Gasteiger partial charge in [0.1, 0.15) is 17.2 Å². The Morgan fingerprint density at radius 2 is 1.44 bits per heavy atom. The Balaban J connectivity index is 2.03. The average Bonchev–Trinajstić information content (AvgIpc) is 2.67. The summed E-state index contributed by atoms with van der Waals surface area (Å²) in [7, 11) is 0. The summed E-state index contributed by atoms with van der Waals surface area (Å²) >= 11 is 1.28. The highest BCUT2D eigenvalue weighted by Crippen LogP contribution is 2.42. The molecule has 0 fully saturated rings. The predicted molar refractivity (Wildman–Crippen MR) is 131 cm³/mol. The van der Waals surface area contributed by atoms with E-state index in [2.05, 4.69) is 41.5 Å². The van der Waals surface area contributed by atoms with E-state index in [0.717, 1.165) is 11.1 Å². The van der Waals surface area contributed by atoms with Crippen molar-refractivity contribution in [2.45, 2.75) is 77.7 Å². The second-order valence-corrected chi connectivity index (χ2v) is 11.1. The first-order valence-electron chi connectivity index (χ1n) is 10.9. The molecule has 0 saturated heterocycles. The van der Waals surface area contributed by atoms with Gasteiger partial charge in [-0.2, -0.15) is 0 Å². The number of phenolic OH excluding ortho intramolecular Hbond substituents is 1. The van der Waals surface area contributed by atoms with E-state index in [1.807, 2.05) is 30.3 Å². The zero-order valence-corrected chi connectivity index (χ0v) is 21.0. The van der Waals surface area contributed by atoms with Gasteiger partial charge >= 0.3 is 5.97 Å². The number of hydrogen-bond donors (Lipinski definition) is 2. The predicted octanol–water partition coefficient (Wildman–Crippen LogP) is 6.72. The molecule has 32 heavy (non-hydrogen) atoms. The highest BCUT2D eigenvalue weighted by atomic mass is 32.2. The second-order valence-electron chi connectivity index (χ2n) is 10.3. The van der Waals surface area contributed by atoms with Gasteiger partial charge in [0.2, 0.25) is 5.60 Å². The number of phenols is 1. The summed E-state index contributed by atoms with van der Waals surface area (Å²) in [4.78, 5) is 11.8. The van der Waals surface area contributed by atoms with Crippen molar-refractivity contribution in [1.82, 2.24) is 0 Å². The minimum Gasteiger partial charge on any atom is -0.507 e. The van der Waals surface area contributed by atoms with Crippen molar-refractivity contribution in [2.24, 2.45) is 0 Å². The summed E-state index contributed by atoms with van der Waals surface area (Å²) in [6.07, 6.45) is 0.959. The van der Waals surface area contributed by atoms with Gasteiger partial charge in [0.05, 0.1) is 12.0 Å². The number of carboxylic acid groups (broad SMARTS) is 1. The van der Waals surface area contributed by atoms with Gasteiger partial charge in [0.25, 0.3) is 0 Å². The Morgan fingerprint density at radius 1 is 0.906 bits per heavy atom. The number of aromatic hydroxyl groups is 1. The fourth-order valence-corrected chi connectivity index (χ4v) is 3.91. The van der Waals surface area contributed by atoms with Crippen LogP contribution in [0.4, 0.5) is 0 Å². The van der Waals surface area contributed by atoms with Gasteiger partial charge in [-0.25, -0.2) is 4.79 Å². The highest BCUT2D eigenvalue weighted by molar-refractivity contribution is 7.95. The zero-order chi connectivity index (χ0) is 24.2. The summed E-state index contributed by atoms with van der Waals surface area (Å²) in [5.74, 6) is 1.16. The highest BCUT2D eigenvalue weighted by Gasteiger charge is 2.35. The summed E-state index contributed by atoms with van der Waals surface area (Å²) < 4.78 is 11.7. The fraction of sp³-hybridized carbons (Fsp3) is 0.500. The standard InChI is InChI=1S/C26H36O5S/c1-24(2,3)20-16-19(17-21(22(20)27)25(4,5)6)31-32-15-11-14-26(7,23(28)29)30-18-12-9-8-10-13-18/h8-10,12-13,16-17,27H,11,14-15H2,1-7H3,(H,28,29). The molecule has 5 nitrogen and oxygen atoms in total. The molecule has 2 aromatic rings. The molecule has 0 aliphatic carbocycles. The Kier molecular flexibility index (Phi) is 8.16. The largest absolute Gasteiger partial charge is 0.507 e. The van der Waals surface area contributed by atoms with Gasteiger partial charge in [-0.1, -0.05) is 59.7 Å². The van der Waals surface area contributed by atoms with E-state index in [1.165, 1.54) is 12.0 Å². The summed E-state index contributed by atoms with van der Waals surface area (Å²) in [6, 6.07) is 12.8. The van der Waals surface area contributed by atoms with Crippen LogP contribution in [0.1, 0.15) is 72.4 Å². The molecule has 0 radical (unpaired) electrons. The monoisotopic (exact) mass is 460 g/mol. The van der Waals surface area contributed by atoms with E-state index >= 15 is 0 Å². The lowest BCUT2D eigenvalue weighted by atomic mass is 9.79. The number of benzene rings is 2. The Labute approximate surface area is 196 Å². The van der Waals surface area contributed by atoms with Crippen LogP contribution in [0.3, 0.4) is 0 Å². The zero-order valence-electron chi connectivity index (χ0n) is 20.2. The van der Waals surface area contributed by atoms with E-state index in [1.54, 1.807) is 19.1 Å². The molecule has 1 atom stereocenters. The summed E-state index contributed by atoms with van der Waals surface area (Å²) in [5.41, 5.74) is -0.0806. The molecule has 0 amide bonds. The minimum absolute atomic E-state index is 0.230. The van der Waals surface area contributed by atoms with Gasteiger partial charge in [-0.3, -0.25) is 0 Å². The molecule has 2 rings (SSSR count). The van der Waals surface area contributed by atoms with E-state index in [-0.39, 0.29) is 10.8 Å². The second kappa shape index (κ2) is 10.1. The van der Waals surface area contributed by atoms with Crippen LogP contribution >= 0.6 is 12.0 Å². The van der Waals surface area contributed by atoms with Gasteiger partial charge in [-0.15, -0.1) is 0 Å². The van der Waals surface area contributed by atoms with Crippen molar-refractivity contribution >= 4 is 18.0 Å². The Bertz CT molecular complexity index is 877. The number of para-hydroxylation sites is 1. The van der Waals surface area contributed by atoms with Crippen molar-refractivity contribution in [3.63, 3.8) is 0 Å². The number of carboxylic acids is 1. The van der Waals surface area contributed by atoms with Crippen LogP contribution in [0.25, 0.3) is 0 Å². The molecule has 0 aliphatic heterocycles. The molecule has 0 aromatic heterocycles. The SMILES string of the molecule is CC(CCCSOc1cc(C(C)(C)C)c(O)c(C(C)(C)C)c1)(Oc1ccccc1)C(=O)O. The first kappa shape index (κ1) is 25.9. The van der Waals surface area contributed by atoms with Gasteiger partial charge in [0.15, 0.2) is 0 Å². The molecular formula is C26H36O5S. The van der Waals surface area contributed by atoms with Crippen molar-refractivity contribution < 1.29 is 23.9 Å². The Morgan fingerprint density at radius 3 is 1.91 bits per heavy atom. The minimum atomic E-state index is -1.31. The third-order valence-electron chi connectivity index (χ3n) is 5.27. The molecule has 0 aliphatic rings. The van der Waals surface area contributed by atoms with Gasteiger partial charge in [-0.05, 0) is 54.9 Å². The maximum Gasteiger partial charge on any atom is 0.347 e. The van der Waals surface area contributed by atoms with Gasteiger partial charge < -0.3 is 19.1 Å². The van der Waals surface area contributed by atoms with E-state index in [9.17, 15) is 15.0 Å². The summed E-state index contributed by atoms with van der Waals surface area (Å²) in [5, 5.41) is 20.5. The number of aliphatic carboxylic acids is 1. The summed E-state index contributed by atoms with van der Waals surface area (Å²) in [6.45, 7) is 14.0. The fourth-order valence-electron chi connectivity index (χ4n) is 3.33. The van der Waals surface area contributed by atoms with Crippen molar-refractivity contribution in [1.29, 1.82) is 0 Å². The number of hydrogen-bond acceptors (Lipinski definition) is 5. The third-order valence-corrected chi connectivity index (χ3v) is 6.04. The van der Waals surface area contributed by atoms with Crippen LogP contribution in [0.2, 0.25) is 0 Å². The Hall–Kier alpha value is -2.34. The number of ether oxygens (including phenoxy) is 1. The van der Waals surface area contributed by atoms with Crippen LogP contribution in [0, 0.1) is 0 Å². The van der Waals surface area contributed by atoms with Crippen LogP contribution in [-0.2, 0) is 15.6 Å². The molecule has 0 heterocycles. The maximum absolute atomic E-state index is 11.8. The third kappa shape index (κ3) is 6.83. The van der Waals surface area contributed by atoms with E-state index < -0.39 is 11.6 Å². The average molecular weight is 461 g/mol. The first-order chi connectivity index (χ1) is 14.7. The van der Waals surface area contributed by atoms with E-state index in [4.69, 9.17) is 8.92 Å². The lowest BCUT2D eigenvalue weighted by Gasteiger charge is -2.28. The topological polar surface area (TPSA) is 76.0 Å². The van der Waals surface area contributed by atoms with Crippen molar-refractivity contribution in [2.75, 3.05) is 5.75 Å². The number of carbonyl (C=O) groups is 1. The molecule has 1 unspecified atom stereocenters.